The van der Waals surface area contributed by atoms with E-state index >= 15 is 0 Å². The van der Waals surface area contributed by atoms with Gasteiger partial charge in [-0.25, -0.2) is 0 Å². The van der Waals surface area contributed by atoms with Crippen molar-refractivity contribution in [1.29, 1.82) is 0 Å². The number of amides is 1. The van der Waals surface area contributed by atoms with Crippen molar-refractivity contribution in [3.05, 3.63) is 30.3 Å². The summed E-state index contributed by atoms with van der Waals surface area (Å²) in [5.41, 5.74) is 1.29. The van der Waals surface area contributed by atoms with E-state index in [9.17, 15) is 4.79 Å². The van der Waals surface area contributed by atoms with Crippen molar-refractivity contribution in [1.82, 2.24) is 10.6 Å². The molecule has 0 aliphatic carbocycles. The Bertz CT molecular complexity index is 477. The number of benzene rings is 1. The monoisotopic (exact) mass is 315 g/mol. The lowest BCUT2D eigenvalue weighted by Gasteiger charge is -2.34. The fourth-order valence-corrected chi connectivity index (χ4v) is 3.73. The van der Waals surface area contributed by atoms with Gasteiger partial charge in [-0.15, -0.1) is 0 Å². The summed E-state index contributed by atoms with van der Waals surface area (Å²) in [6.45, 7) is 4.29. The SMILES string of the molecule is O=C(CCC1CCNCC1)NC1CCN(c2ccccc2)CC1. The number of nitrogens with zero attached hydrogens (tertiary/aromatic N) is 1. The van der Waals surface area contributed by atoms with Gasteiger partial charge in [-0.1, -0.05) is 18.2 Å². The summed E-state index contributed by atoms with van der Waals surface area (Å²) >= 11 is 0. The molecule has 0 saturated carbocycles. The Morgan fingerprint density at radius 1 is 1.09 bits per heavy atom. The largest absolute Gasteiger partial charge is 0.371 e. The molecule has 2 aliphatic heterocycles. The summed E-state index contributed by atoms with van der Waals surface area (Å²) in [4.78, 5) is 14.6. The molecule has 2 saturated heterocycles. The molecule has 1 aromatic rings. The van der Waals surface area contributed by atoms with Crippen molar-refractivity contribution in [3.8, 4) is 0 Å². The third kappa shape index (κ3) is 4.96. The van der Waals surface area contributed by atoms with Gasteiger partial charge in [0.25, 0.3) is 0 Å². The molecule has 0 atom stereocenters. The van der Waals surface area contributed by atoms with E-state index < -0.39 is 0 Å². The summed E-state index contributed by atoms with van der Waals surface area (Å²) in [5.74, 6) is 0.989. The van der Waals surface area contributed by atoms with Gasteiger partial charge in [0.1, 0.15) is 0 Å². The molecule has 0 spiro atoms. The summed E-state index contributed by atoms with van der Waals surface area (Å²) in [6, 6.07) is 10.9. The Hall–Kier alpha value is -1.55. The predicted octanol–water partition coefficient (Wildman–Crippen LogP) is 2.55. The molecule has 23 heavy (non-hydrogen) atoms. The number of hydrogen-bond donors (Lipinski definition) is 2. The topological polar surface area (TPSA) is 44.4 Å². The van der Waals surface area contributed by atoms with Crippen LogP contribution in [0.4, 0.5) is 5.69 Å². The Balaban J connectivity index is 1.36. The number of piperidine rings is 2. The molecule has 0 aromatic heterocycles. The van der Waals surface area contributed by atoms with Gasteiger partial charge >= 0.3 is 0 Å². The highest BCUT2D eigenvalue weighted by Gasteiger charge is 2.21. The average molecular weight is 315 g/mol. The lowest BCUT2D eigenvalue weighted by Crippen LogP contribution is -2.44. The van der Waals surface area contributed by atoms with Crippen molar-refractivity contribution in [2.24, 2.45) is 5.92 Å². The van der Waals surface area contributed by atoms with Gasteiger partial charge in [-0.05, 0) is 63.2 Å². The minimum atomic E-state index is 0.252. The van der Waals surface area contributed by atoms with Crippen LogP contribution in [0.2, 0.25) is 0 Å². The maximum absolute atomic E-state index is 12.2. The molecule has 4 heteroatoms. The summed E-state index contributed by atoms with van der Waals surface area (Å²) in [6.07, 6.45) is 6.30. The van der Waals surface area contributed by atoms with E-state index in [-0.39, 0.29) is 5.91 Å². The van der Waals surface area contributed by atoms with Gasteiger partial charge in [-0.2, -0.15) is 0 Å². The van der Waals surface area contributed by atoms with Crippen LogP contribution in [0.3, 0.4) is 0 Å². The molecular weight excluding hydrogens is 286 g/mol. The fraction of sp³-hybridized carbons (Fsp3) is 0.632. The molecule has 0 unspecified atom stereocenters. The Labute approximate surface area is 139 Å². The first-order valence-corrected chi connectivity index (χ1v) is 9.11. The Morgan fingerprint density at radius 2 is 1.78 bits per heavy atom. The van der Waals surface area contributed by atoms with Crippen LogP contribution in [0.15, 0.2) is 30.3 Å². The van der Waals surface area contributed by atoms with Gasteiger partial charge in [0.15, 0.2) is 0 Å². The molecule has 126 valence electrons. The van der Waals surface area contributed by atoms with Crippen molar-refractivity contribution < 1.29 is 4.79 Å². The van der Waals surface area contributed by atoms with Crippen LogP contribution in [-0.4, -0.2) is 38.1 Å². The van der Waals surface area contributed by atoms with Gasteiger partial charge in [0.05, 0.1) is 0 Å². The minimum Gasteiger partial charge on any atom is -0.371 e. The molecule has 1 amide bonds. The number of hydrogen-bond acceptors (Lipinski definition) is 3. The van der Waals surface area contributed by atoms with E-state index in [1.807, 2.05) is 0 Å². The zero-order valence-corrected chi connectivity index (χ0v) is 14.0. The van der Waals surface area contributed by atoms with Gasteiger partial charge < -0.3 is 15.5 Å². The van der Waals surface area contributed by atoms with Crippen molar-refractivity contribution in [2.75, 3.05) is 31.1 Å². The zero-order valence-electron chi connectivity index (χ0n) is 14.0. The highest BCUT2D eigenvalue weighted by atomic mass is 16.1. The molecule has 2 fully saturated rings. The number of carbonyl (C=O) groups excluding carboxylic acids is 1. The first-order chi connectivity index (χ1) is 11.3. The molecule has 3 rings (SSSR count). The quantitative estimate of drug-likeness (QED) is 0.878. The molecule has 1 aromatic carbocycles. The molecule has 0 bridgehead atoms. The highest BCUT2D eigenvalue weighted by Crippen LogP contribution is 2.20. The number of nitrogens with one attached hydrogen (secondary N) is 2. The fourth-order valence-electron chi connectivity index (χ4n) is 3.73. The first kappa shape index (κ1) is 16.3. The van der Waals surface area contributed by atoms with E-state index in [2.05, 4.69) is 45.9 Å². The number of anilines is 1. The molecule has 0 radical (unpaired) electrons. The van der Waals surface area contributed by atoms with Crippen LogP contribution in [0.25, 0.3) is 0 Å². The third-order valence-electron chi connectivity index (χ3n) is 5.22. The maximum atomic E-state index is 12.2. The lowest BCUT2D eigenvalue weighted by atomic mass is 9.93. The summed E-state index contributed by atoms with van der Waals surface area (Å²) in [5, 5.41) is 6.63. The van der Waals surface area contributed by atoms with E-state index in [4.69, 9.17) is 0 Å². The maximum Gasteiger partial charge on any atom is 0.220 e. The number of rotatable bonds is 5. The standard InChI is InChI=1S/C19H29N3O/c23-19(7-6-16-8-12-20-13-9-16)21-17-10-14-22(15-11-17)18-4-2-1-3-5-18/h1-5,16-17,20H,6-15H2,(H,21,23). The number of carbonyl (C=O) groups is 1. The van der Waals surface area contributed by atoms with Gasteiger partial charge in [-0.3, -0.25) is 4.79 Å². The van der Waals surface area contributed by atoms with E-state index in [1.165, 1.54) is 18.5 Å². The summed E-state index contributed by atoms with van der Waals surface area (Å²) in [7, 11) is 0. The normalized spacial score (nSPS) is 20.4. The molecule has 2 heterocycles. The second-order valence-corrected chi connectivity index (χ2v) is 6.90. The van der Waals surface area contributed by atoms with Crippen LogP contribution < -0.4 is 15.5 Å². The van der Waals surface area contributed by atoms with E-state index in [1.54, 1.807) is 0 Å². The highest BCUT2D eigenvalue weighted by molar-refractivity contribution is 5.76. The van der Waals surface area contributed by atoms with Crippen molar-refractivity contribution >= 4 is 11.6 Å². The minimum absolute atomic E-state index is 0.252. The molecule has 4 nitrogen and oxygen atoms in total. The second kappa shape index (κ2) is 8.34. The number of para-hydroxylation sites is 1. The first-order valence-electron chi connectivity index (χ1n) is 9.11. The van der Waals surface area contributed by atoms with E-state index in [0.717, 1.165) is 51.4 Å². The van der Waals surface area contributed by atoms with Crippen LogP contribution in [-0.2, 0) is 4.79 Å². The van der Waals surface area contributed by atoms with Crippen molar-refractivity contribution in [3.63, 3.8) is 0 Å². The average Bonchev–Trinajstić information content (AvgIpc) is 2.62. The Kier molecular flexibility index (Phi) is 5.92. The van der Waals surface area contributed by atoms with Crippen LogP contribution in [0.1, 0.15) is 38.5 Å². The molecule has 2 aliphatic rings. The summed E-state index contributed by atoms with van der Waals surface area (Å²) < 4.78 is 0. The smallest absolute Gasteiger partial charge is 0.220 e. The van der Waals surface area contributed by atoms with Crippen LogP contribution in [0.5, 0.6) is 0 Å². The van der Waals surface area contributed by atoms with E-state index in [0.29, 0.717) is 12.5 Å². The second-order valence-electron chi connectivity index (χ2n) is 6.90. The van der Waals surface area contributed by atoms with Gasteiger partial charge in [0.2, 0.25) is 5.91 Å². The Morgan fingerprint density at radius 3 is 2.48 bits per heavy atom. The molecule has 2 N–H and O–H groups in total. The predicted molar refractivity (Wildman–Crippen MR) is 94.6 cm³/mol. The van der Waals surface area contributed by atoms with Crippen LogP contribution >= 0.6 is 0 Å². The van der Waals surface area contributed by atoms with Crippen molar-refractivity contribution in [2.45, 2.75) is 44.6 Å². The van der Waals surface area contributed by atoms with Crippen LogP contribution in [0, 0.1) is 5.92 Å². The third-order valence-corrected chi connectivity index (χ3v) is 5.22. The van der Waals surface area contributed by atoms with Gasteiger partial charge in [0, 0.05) is 31.2 Å². The molecular formula is C19H29N3O. The zero-order chi connectivity index (χ0) is 15.9. The lowest BCUT2D eigenvalue weighted by molar-refractivity contribution is -0.122.